The molecular formula is C21H26N4O4. The van der Waals surface area contributed by atoms with Gasteiger partial charge in [-0.15, -0.1) is 0 Å². The predicted octanol–water partition coefficient (Wildman–Crippen LogP) is 1.11. The van der Waals surface area contributed by atoms with Crippen molar-refractivity contribution in [2.24, 2.45) is 0 Å². The van der Waals surface area contributed by atoms with Gasteiger partial charge in [0.05, 0.1) is 26.7 Å². The highest BCUT2D eigenvalue weighted by molar-refractivity contribution is 5.88. The lowest BCUT2D eigenvalue weighted by molar-refractivity contribution is -0.134. The highest BCUT2D eigenvalue weighted by Crippen LogP contribution is 2.24. The zero-order chi connectivity index (χ0) is 20.6. The number of hydrogen-bond donors (Lipinski definition) is 2. The Morgan fingerprint density at radius 3 is 2.66 bits per heavy atom. The van der Waals surface area contributed by atoms with Gasteiger partial charge in [0.2, 0.25) is 11.8 Å². The van der Waals surface area contributed by atoms with Crippen LogP contribution < -0.4 is 20.1 Å². The van der Waals surface area contributed by atoms with Crippen molar-refractivity contribution in [3.8, 4) is 11.5 Å². The Bertz CT molecular complexity index is 822. The molecule has 0 spiro atoms. The molecular weight excluding hydrogens is 372 g/mol. The van der Waals surface area contributed by atoms with Crippen molar-refractivity contribution in [3.05, 3.63) is 53.9 Å². The van der Waals surface area contributed by atoms with E-state index in [1.54, 1.807) is 32.7 Å². The Labute approximate surface area is 170 Å². The van der Waals surface area contributed by atoms with E-state index < -0.39 is 6.04 Å². The van der Waals surface area contributed by atoms with Gasteiger partial charge in [-0.25, -0.2) is 0 Å². The van der Waals surface area contributed by atoms with Crippen molar-refractivity contribution in [2.45, 2.75) is 25.6 Å². The highest BCUT2D eigenvalue weighted by atomic mass is 16.5. The Hall–Kier alpha value is -3.13. The Morgan fingerprint density at radius 1 is 1.24 bits per heavy atom. The average Bonchev–Trinajstić information content (AvgIpc) is 2.75. The van der Waals surface area contributed by atoms with Gasteiger partial charge in [0.15, 0.2) is 0 Å². The number of nitrogens with one attached hydrogen (secondary N) is 2. The van der Waals surface area contributed by atoms with E-state index in [9.17, 15) is 9.59 Å². The topological polar surface area (TPSA) is 92.8 Å². The molecule has 0 bridgehead atoms. The van der Waals surface area contributed by atoms with Crippen molar-refractivity contribution in [3.63, 3.8) is 0 Å². The maximum atomic E-state index is 12.5. The monoisotopic (exact) mass is 398 g/mol. The van der Waals surface area contributed by atoms with E-state index in [2.05, 4.69) is 15.6 Å². The average molecular weight is 398 g/mol. The van der Waals surface area contributed by atoms with Crippen molar-refractivity contribution >= 4 is 11.8 Å². The fraction of sp³-hybridized carbons (Fsp3) is 0.381. The van der Waals surface area contributed by atoms with Crippen molar-refractivity contribution in [1.29, 1.82) is 0 Å². The summed E-state index contributed by atoms with van der Waals surface area (Å²) in [7, 11) is 3.20. The zero-order valence-electron chi connectivity index (χ0n) is 16.7. The van der Waals surface area contributed by atoms with E-state index in [1.165, 1.54) is 0 Å². The normalized spacial score (nSPS) is 16.8. The third kappa shape index (κ3) is 5.68. The van der Waals surface area contributed by atoms with Crippen LogP contribution in [0.1, 0.15) is 17.5 Å². The van der Waals surface area contributed by atoms with Crippen LogP contribution in [0.15, 0.2) is 42.7 Å². The lowest BCUT2D eigenvalue weighted by atomic mass is 10.1. The second kappa shape index (κ2) is 9.88. The first-order valence-electron chi connectivity index (χ1n) is 9.48. The number of hydrogen-bond acceptors (Lipinski definition) is 6. The molecule has 0 saturated carbocycles. The van der Waals surface area contributed by atoms with Crippen LogP contribution in [0.4, 0.5) is 0 Å². The molecule has 29 heavy (non-hydrogen) atoms. The van der Waals surface area contributed by atoms with Crippen LogP contribution >= 0.6 is 0 Å². The van der Waals surface area contributed by atoms with Gasteiger partial charge in [-0.3, -0.25) is 19.5 Å². The molecule has 1 aliphatic rings. The van der Waals surface area contributed by atoms with Gasteiger partial charge >= 0.3 is 0 Å². The summed E-state index contributed by atoms with van der Waals surface area (Å²) in [4.78, 5) is 31.0. The minimum absolute atomic E-state index is 0.0905. The van der Waals surface area contributed by atoms with Gasteiger partial charge in [-0.1, -0.05) is 6.07 Å². The summed E-state index contributed by atoms with van der Waals surface area (Å²) in [6, 6.07) is 8.80. The molecule has 3 rings (SSSR count). The largest absolute Gasteiger partial charge is 0.497 e. The number of carbonyl (C=O) groups excluding carboxylic acids is 2. The molecule has 1 atom stereocenters. The molecule has 1 aliphatic heterocycles. The predicted molar refractivity (Wildman–Crippen MR) is 107 cm³/mol. The number of ether oxygens (including phenoxy) is 2. The quantitative estimate of drug-likeness (QED) is 0.692. The number of methoxy groups -OCH3 is 2. The highest BCUT2D eigenvalue weighted by Gasteiger charge is 2.31. The molecule has 0 radical (unpaired) electrons. The number of aromatic nitrogens is 1. The summed E-state index contributed by atoms with van der Waals surface area (Å²) < 4.78 is 10.7. The first-order chi connectivity index (χ1) is 14.1. The molecule has 1 unspecified atom stereocenters. The second-order valence-electron chi connectivity index (χ2n) is 6.84. The third-order valence-corrected chi connectivity index (χ3v) is 4.83. The fourth-order valence-corrected chi connectivity index (χ4v) is 3.32. The third-order valence-electron chi connectivity index (χ3n) is 4.83. The molecule has 2 amide bonds. The second-order valence-corrected chi connectivity index (χ2v) is 6.84. The van der Waals surface area contributed by atoms with Crippen LogP contribution in [0.2, 0.25) is 0 Å². The van der Waals surface area contributed by atoms with Crippen molar-refractivity contribution < 1.29 is 19.1 Å². The van der Waals surface area contributed by atoms with Gasteiger partial charge in [-0.05, 0) is 29.3 Å². The van der Waals surface area contributed by atoms with Crippen LogP contribution in [-0.2, 0) is 22.7 Å². The Morgan fingerprint density at radius 2 is 2.00 bits per heavy atom. The van der Waals surface area contributed by atoms with Crippen molar-refractivity contribution in [1.82, 2.24) is 20.5 Å². The number of pyridine rings is 1. The van der Waals surface area contributed by atoms with Gasteiger partial charge in [0.1, 0.15) is 11.5 Å². The van der Waals surface area contributed by atoms with Gasteiger partial charge in [0.25, 0.3) is 0 Å². The van der Waals surface area contributed by atoms with Crippen LogP contribution in [0.5, 0.6) is 11.5 Å². The van der Waals surface area contributed by atoms with Crippen LogP contribution in [0, 0.1) is 0 Å². The number of amides is 2. The van der Waals surface area contributed by atoms with E-state index in [0.29, 0.717) is 37.7 Å². The standard InChI is InChI=1S/C21H26N4O4/c1-28-17-8-16(9-18(10-17)29-2)14-25-7-6-23-21(27)19(25)11-20(26)24-13-15-4-3-5-22-12-15/h3-5,8-10,12,19H,6-7,11,13-14H2,1-2H3,(H,23,27)(H,24,26). The maximum Gasteiger partial charge on any atom is 0.237 e. The summed E-state index contributed by atoms with van der Waals surface area (Å²) in [6.07, 6.45) is 3.48. The van der Waals surface area contributed by atoms with E-state index in [0.717, 1.165) is 11.1 Å². The van der Waals surface area contributed by atoms with Gasteiger partial charge < -0.3 is 20.1 Å². The lowest BCUT2D eigenvalue weighted by Crippen LogP contribution is -2.56. The minimum atomic E-state index is -0.533. The molecule has 2 heterocycles. The summed E-state index contributed by atoms with van der Waals surface area (Å²) in [5, 5.41) is 5.71. The van der Waals surface area contributed by atoms with Crippen LogP contribution in [0.25, 0.3) is 0 Å². The van der Waals surface area contributed by atoms with E-state index in [1.807, 2.05) is 29.2 Å². The molecule has 2 aromatic rings. The number of piperazine rings is 1. The van der Waals surface area contributed by atoms with E-state index >= 15 is 0 Å². The van der Waals surface area contributed by atoms with E-state index in [-0.39, 0.29) is 18.2 Å². The van der Waals surface area contributed by atoms with Crippen LogP contribution in [0.3, 0.4) is 0 Å². The number of rotatable bonds is 8. The fourth-order valence-electron chi connectivity index (χ4n) is 3.32. The summed E-state index contributed by atoms with van der Waals surface area (Å²) in [6.45, 7) is 2.11. The van der Waals surface area contributed by atoms with Crippen LogP contribution in [-0.4, -0.2) is 55.0 Å². The lowest BCUT2D eigenvalue weighted by Gasteiger charge is -2.34. The number of carbonyl (C=O) groups is 2. The minimum Gasteiger partial charge on any atom is -0.497 e. The molecule has 1 aromatic carbocycles. The molecule has 154 valence electrons. The molecule has 8 heteroatoms. The summed E-state index contributed by atoms with van der Waals surface area (Å²) in [5.74, 6) is 1.06. The zero-order valence-corrected chi connectivity index (χ0v) is 16.7. The molecule has 1 fully saturated rings. The SMILES string of the molecule is COc1cc(CN2CCNC(=O)C2CC(=O)NCc2cccnc2)cc(OC)c1. The Kier molecular flexibility index (Phi) is 7.02. The van der Waals surface area contributed by atoms with Gasteiger partial charge in [0, 0.05) is 44.6 Å². The smallest absolute Gasteiger partial charge is 0.237 e. The Balaban J connectivity index is 1.66. The molecule has 0 aliphatic carbocycles. The molecule has 8 nitrogen and oxygen atoms in total. The van der Waals surface area contributed by atoms with E-state index in [4.69, 9.17) is 9.47 Å². The maximum absolute atomic E-state index is 12.5. The number of nitrogens with zero attached hydrogens (tertiary/aromatic N) is 2. The summed E-state index contributed by atoms with van der Waals surface area (Å²) >= 11 is 0. The molecule has 1 saturated heterocycles. The first-order valence-corrected chi connectivity index (χ1v) is 9.48. The van der Waals surface area contributed by atoms with Crippen molar-refractivity contribution in [2.75, 3.05) is 27.3 Å². The molecule has 2 N–H and O–H groups in total. The molecule has 1 aromatic heterocycles. The van der Waals surface area contributed by atoms with Gasteiger partial charge in [-0.2, -0.15) is 0 Å². The summed E-state index contributed by atoms with van der Waals surface area (Å²) in [5.41, 5.74) is 1.87. The number of benzene rings is 1. The first kappa shape index (κ1) is 20.6.